The van der Waals surface area contributed by atoms with Gasteiger partial charge in [-0.25, -0.2) is 8.78 Å². The molecule has 2 N–H and O–H groups in total. The second-order valence-corrected chi connectivity index (χ2v) is 8.27. The number of carbonyl (C=O) groups excluding carboxylic acids is 1. The average molecular weight is 458 g/mol. The molecule has 2 fully saturated rings. The Morgan fingerprint density at radius 1 is 1.28 bits per heavy atom. The van der Waals surface area contributed by atoms with E-state index in [0.29, 0.717) is 17.6 Å². The third-order valence-electron chi connectivity index (χ3n) is 5.61. The number of halogens is 5. The number of rotatable bonds is 3. The summed E-state index contributed by atoms with van der Waals surface area (Å²) in [6.45, 7) is 1.96. The molecule has 0 radical (unpaired) electrons. The van der Waals surface area contributed by atoms with Crippen LogP contribution < -0.4 is 15.5 Å². The molecule has 2 aliphatic heterocycles. The van der Waals surface area contributed by atoms with E-state index in [1.54, 1.807) is 24.0 Å². The minimum Gasteiger partial charge on any atom is -0.365 e. The second kappa shape index (κ2) is 8.43. The molecule has 6 nitrogen and oxygen atoms in total. The largest absolute Gasteiger partial charge is 0.418 e. The van der Waals surface area contributed by atoms with Crippen LogP contribution in [0.2, 0.25) is 0 Å². The zero-order chi connectivity index (χ0) is 23.1. The molecule has 174 valence electrons. The van der Waals surface area contributed by atoms with E-state index in [9.17, 15) is 26.7 Å². The first-order chi connectivity index (χ1) is 15.0. The number of morpholine rings is 1. The van der Waals surface area contributed by atoms with Gasteiger partial charge in [-0.15, -0.1) is 0 Å². The Balaban J connectivity index is 1.56. The average Bonchev–Trinajstić information content (AvgIpc) is 2.71. The van der Waals surface area contributed by atoms with Gasteiger partial charge in [0.25, 0.3) is 11.8 Å². The number of aromatic nitrogens is 1. The second-order valence-electron chi connectivity index (χ2n) is 8.27. The Bertz CT molecular complexity index is 1000. The normalized spacial score (nSPS) is 26.2. The molecular weight excluding hydrogens is 435 g/mol. The monoisotopic (exact) mass is 458 g/mol. The molecule has 3 atom stereocenters. The minimum atomic E-state index is -4.55. The molecule has 0 bridgehead atoms. The molecular formula is C21H23F5N4O2. The number of amides is 1. The summed E-state index contributed by atoms with van der Waals surface area (Å²) in [4.78, 5) is 18.5. The van der Waals surface area contributed by atoms with E-state index in [4.69, 9.17) is 4.74 Å². The summed E-state index contributed by atoms with van der Waals surface area (Å²) in [5, 5.41) is 5.52. The first-order valence-electron chi connectivity index (χ1n) is 10.3. The molecule has 32 heavy (non-hydrogen) atoms. The molecule has 1 unspecified atom stereocenters. The number of hydrogen-bond acceptors (Lipinski definition) is 5. The van der Waals surface area contributed by atoms with E-state index < -0.39 is 54.8 Å². The molecule has 1 aromatic carbocycles. The molecule has 1 aromatic heterocycles. The van der Waals surface area contributed by atoms with Crippen molar-refractivity contribution in [2.75, 3.05) is 31.1 Å². The van der Waals surface area contributed by atoms with Crippen LogP contribution in [0.1, 0.15) is 18.9 Å². The third kappa shape index (κ3) is 4.78. The smallest absolute Gasteiger partial charge is 0.365 e. The number of nitrogens with one attached hydrogen (secondary N) is 2. The third-order valence-corrected chi connectivity index (χ3v) is 5.61. The van der Waals surface area contributed by atoms with Gasteiger partial charge in [-0.2, -0.15) is 13.2 Å². The minimum absolute atomic E-state index is 0.0715. The van der Waals surface area contributed by atoms with Gasteiger partial charge in [0.15, 0.2) is 6.10 Å². The van der Waals surface area contributed by atoms with Crippen LogP contribution >= 0.6 is 0 Å². The van der Waals surface area contributed by atoms with E-state index in [2.05, 4.69) is 15.6 Å². The number of hydrogen-bond donors (Lipinski definition) is 2. The van der Waals surface area contributed by atoms with Gasteiger partial charge in [0.2, 0.25) is 0 Å². The van der Waals surface area contributed by atoms with Gasteiger partial charge in [-0.1, -0.05) is 0 Å². The van der Waals surface area contributed by atoms with Gasteiger partial charge >= 0.3 is 6.18 Å². The lowest BCUT2D eigenvalue weighted by Crippen LogP contribution is -2.58. The fourth-order valence-corrected chi connectivity index (χ4v) is 4.29. The maximum absolute atomic E-state index is 13.6. The van der Waals surface area contributed by atoms with Crippen LogP contribution in [0.25, 0.3) is 10.9 Å². The number of piperidine rings is 1. The molecule has 1 amide bonds. The van der Waals surface area contributed by atoms with Gasteiger partial charge in [0.05, 0.1) is 30.3 Å². The predicted molar refractivity (Wildman–Crippen MR) is 108 cm³/mol. The Morgan fingerprint density at radius 2 is 2.06 bits per heavy atom. The summed E-state index contributed by atoms with van der Waals surface area (Å²) >= 11 is 0. The van der Waals surface area contributed by atoms with E-state index in [-0.39, 0.29) is 18.6 Å². The predicted octanol–water partition coefficient (Wildman–Crippen LogP) is 2.96. The van der Waals surface area contributed by atoms with Crippen LogP contribution in [0.3, 0.4) is 0 Å². The maximum atomic E-state index is 13.6. The maximum Gasteiger partial charge on any atom is 0.418 e. The van der Waals surface area contributed by atoms with Crippen molar-refractivity contribution in [3.63, 3.8) is 0 Å². The number of pyridine rings is 1. The Morgan fingerprint density at radius 3 is 2.78 bits per heavy atom. The lowest BCUT2D eigenvalue weighted by molar-refractivity contribution is -0.139. The van der Waals surface area contributed by atoms with Crippen molar-refractivity contribution in [2.45, 2.75) is 43.7 Å². The molecule has 0 aliphatic carbocycles. The molecule has 2 saturated heterocycles. The van der Waals surface area contributed by atoms with Crippen molar-refractivity contribution < 1.29 is 31.5 Å². The summed E-state index contributed by atoms with van der Waals surface area (Å²) in [6, 6.07) is 4.71. The van der Waals surface area contributed by atoms with Crippen LogP contribution in [0.4, 0.5) is 27.6 Å². The Kier molecular flexibility index (Phi) is 5.97. The van der Waals surface area contributed by atoms with Gasteiger partial charge in [-0.05, 0) is 31.2 Å². The molecule has 0 spiro atoms. The van der Waals surface area contributed by atoms with E-state index in [1.807, 2.05) is 0 Å². The van der Waals surface area contributed by atoms with Crippen LogP contribution in [0.15, 0.2) is 30.5 Å². The summed E-state index contributed by atoms with van der Waals surface area (Å²) in [6.07, 6.45) is -5.08. The topological polar surface area (TPSA) is 66.5 Å². The standard InChI is InChI=1S/C21H23F5N4O2/c1-12-9-30(10-17(32-12)19(31)29-13-7-20(22,23)11-27-8-13)16-5-4-15(21(24,25)26)18-14(16)3-2-6-28-18/h2-6,12-13,17,27H,7-11H2,1H3,(H,29,31)/t12-,13?,17-/m1/s1. The van der Waals surface area contributed by atoms with Crippen molar-refractivity contribution in [1.29, 1.82) is 0 Å². The van der Waals surface area contributed by atoms with Gasteiger partial charge in [0.1, 0.15) is 0 Å². The van der Waals surface area contributed by atoms with Gasteiger partial charge in [-0.3, -0.25) is 9.78 Å². The van der Waals surface area contributed by atoms with Crippen LogP contribution in [0.5, 0.6) is 0 Å². The van der Waals surface area contributed by atoms with Crippen molar-refractivity contribution >= 4 is 22.5 Å². The highest BCUT2D eigenvalue weighted by atomic mass is 19.4. The summed E-state index contributed by atoms with van der Waals surface area (Å²) in [5.74, 6) is -3.44. The van der Waals surface area contributed by atoms with Crippen LogP contribution in [0, 0.1) is 0 Å². The Hall–Kier alpha value is -2.53. The molecule has 2 aliphatic rings. The number of carbonyl (C=O) groups is 1. The van der Waals surface area contributed by atoms with E-state index in [0.717, 1.165) is 6.07 Å². The number of alkyl halides is 5. The first-order valence-corrected chi connectivity index (χ1v) is 10.3. The number of benzene rings is 1. The zero-order valence-electron chi connectivity index (χ0n) is 17.3. The van der Waals surface area contributed by atoms with Crippen LogP contribution in [-0.2, 0) is 15.7 Å². The number of fused-ring (bicyclic) bond motifs is 1. The molecule has 3 heterocycles. The van der Waals surface area contributed by atoms with Crippen molar-refractivity contribution in [3.05, 3.63) is 36.0 Å². The van der Waals surface area contributed by atoms with Crippen molar-refractivity contribution in [2.24, 2.45) is 0 Å². The Labute approximate surface area is 181 Å². The SMILES string of the molecule is C[C@@H]1CN(c2ccc(C(F)(F)F)c3ncccc23)C[C@H](C(=O)NC2CNCC(F)(F)C2)O1. The fraction of sp³-hybridized carbons (Fsp3) is 0.524. The molecule has 0 saturated carbocycles. The van der Waals surface area contributed by atoms with E-state index >= 15 is 0 Å². The van der Waals surface area contributed by atoms with Crippen molar-refractivity contribution in [3.8, 4) is 0 Å². The lowest BCUT2D eigenvalue weighted by atomic mass is 10.0. The quantitative estimate of drug-likeness (QED) is 0.693. The summed E-state index contributed by atoms with van der Waals surface area (Å²) in [7, 11) is 0. The molecule has 2 aromatic rings. The fourth-order valence-electron chi connectivity index (χ4n) is 4.29. The molecule has 4 rings (SSSR count). The molecule has 11 heteroatoms. The van der Waals surface area contributed by atoms with E-state index in [1.165, 1.54) is 12.3 Å². The highest BCUT2D eigenvalue weighted by Crippen LogP contribution is 2.38. The van der Waals surface area contributed by atoms with Gasteiger partial charge in [0, 0.05) is 42.8 Å². The van der Waals surface area contributed by atoms with Crippen molar-refractivity contribution in [1.82, 2.24) is 15.6 Å². The highest BCUT2D eigenvalue weighted by Gasteiger charge is 2.39. The summed E-state index contributed by atoms with van der Waals surface area (Å²) in [5.41, 5.74) is -0.508. The number of anilines is 1. The number of nitrogens with zero attached hydrogens (tertiary/aromatic N) is 2. The zero-order valence-corrected chi connectivity index (χ0v) is 17.3. The highest BCUT2D eigenvalue weighted by molar-refractivity contribution is 5.94. The first kappa shape index (κ1) is 22.7. The summed E-state index contributed by atoms with van der Waals surface area (Å²) < 4.78 is 73.2. The lowest BCUT2D eigenvalue weighted by Gasteiger charge is -2.39. The van der Waals surface area contributed by atoms with Gasteiger partial charge < -0.3 is 20.3 Å². The number of ether oxygens (including phenoxy) is 1. The van der Waals surface area contributed by atoms with Crippen LogP contribution in [-0.4, -0.2) is 61.2 Å².